The van der Waals surface area contributed by atoms with Gasteiger partial charge in [-0.25, -0.2) is 4.39 Å². The highest BCUT2D eigenvalue weighted by atomic mass is 32.2. The standard InChI is InChI=1S/C19H15F6N3OS/c1-10(11-3-5-13(20)6-4-11)27-16-28-15(29)17(2,30-16)18(21,22)12-7-8-26-14(9-12)19(23,24)25/h3-10H,1-2H3,(H,27,28,29)/t10-,17?/m0/s1. The molecule has 2 aromatic rings. The molecule has 4 nitrogen and oxygen atoms in total. The molecular weight excluding hydrogens is 432 g/mol. The van der Waals surface area contributed by atoms with E-state index in [1.165, 1.54) is 24.3 Å². The summed E-state index contributed by atoms with van der Waals surface area (Å²) in [6, 6.07) is 5.75. The quantitative estimate of drug-likeness (QED) is 0.666. The van der Waals surface area contributed by atoms with Crippen LogP contribution in [0.4, 0.5) is 26.3 Å². The third-order valence-corrected chi connectivity index (χ3v) is 5.88. The number of halogens is 6. The summed E-state index contributed by atoms with van der Waals surface area (Å²) in [6.45, 7) is 2.56. The van der Waals surface area contributed by atoms with Crippen molar-refractivity contribution in [2.45, 2.75) is 36.7 Å². The van der Waals surface area contributed by atoms with E-state index in [0.29, 0.717) is 23.5 Å². The predicted octanol–water partition coefficient (Wildman–Crippen LogP) is 5.07. The van der Waals surface area contributed by atoms with Crippen molar-refractivity contribution in [1.82, 2.24) is 10.3 Å². The minimum absolute atomic E-state index is 0.107. The van der Waals surface area contributed by atoms with E-state index in [1.54, 1.807) is 6.92 Å². The minimum atomic E-state index is -4.91. The fourth-order valence-electron chi connectivity index (χ4n) is 2.79. The highest BCUT2D eigenvalue weighted by Crippen LogP contribution is 2.50. The first-order valence-corrected chi connectivity index (χ1v) is 9.41. The molecule has 0 bridgehead atoms. The van der Waals surface area contributed by atoms with E-state index in [2.05, 4.69) is 15.3 Å². The average molecular weight is 447 g/mol. The topological polar surface area (TPSA) is 54.4 Å². The van der Waals surface area contributed by atoms with Gasteiger partial charge in [0.15, 0.2) is 9.91 Å². The summed E-state index contributed by atoms with van der Waals surface area (Å²) >= 11 is 0.426. The van der Waals surface area contributed by atoms with Gasteiger partial charge in [-0.2, -0.15) is 22.0 Å². The minimum Gasteiger partial charge on any atom is -0.304 e. The molecule has 0 saturated carbocycles. The molecule has 1 aromatic heterocycles. The summed E-state index contributed by atoms with van der Waals surface area (Å²) in [5, 5.41) is 2.15. The Balaban J connectivity index is 1.90. The summed E-state index contributed by atoms with van der Waals surface area (Å²) in [4.78, 5) is 19.6. The largest absolute Gasteiger partial charge is 0.433 e. The van der Waals surface area contributed by atoms with Crippen molar-refractivity contribution in [2.75, 3.05) is 0 Å². The number of aromatic nitrogens is 1. The molecule has 1 saturated heterocycles. The number of alkyl halides is 5. The van der Waals surface area contributed by atoms with E-state index in [1.807, 2.05) is 0 Å². The van der Waals surface area contributed by atoms with E-state index in [-0.39, 0.29) is 11.2 Å². The van der Waals surface area contributed by atoms with Crippen LogP contribution in [0.25, 0.3) is 0 Å². The molecule has 160 valence electrons. The zero-order valence-corrected chi connectivity index (χ0v) is 16.4. The number of amidine groups is 1. The molecule has 2 heterocycles. The number of amides is 1. The number of hydrogen-bond acceptors (Lipinski definition) is 4. The van der Waals surface area contributed by atoms with Gasteiger partial charge in [0, 0.05) is 11.8 Å². The van der Waals surface area contributed by atoms with Gasteiger partial charge < -0.3 is 5.32 Å². The highest BCUT2D eigenvalue weighted by molar-refractivity contribution is 8.16. The lowest BCUT2D eigenvalue weighted by atomic mass is 9.94. The van der Waals surface area contributed by atoms with Gasteiger partial charge in [-0.05, 0) is 43.7 Å². The second-order valence-electron chi connectivity index (χ2n) is 6.75. The lowest BCUT2D eigenvalue weighted by Crippen LogP contribution is -2.47. The van der Waals surface area contributed by atoms with Crippen LogP contribution in [0.15, 0.2) is 47.6 Å². The van der Waals surface area contributed by atoms with Crippen LogP contribution >= 0.6 is 11.8 Å². The fourth-order valence-corrected chi connectivity index (χ4v) is 3.93. The fraction of sp³-hybridized carbons (Fsp3) is 0.316. The Kier molecular flexibility index (Phi) is 5.61. The van der Waals surface area contributed by atoms with Gasteiger partial charge in [-0.15, -0.1) is 0 Å². The number of carbonyl (C=O) groups excluding carboxylic acids is 1. The molecule has 3 rings (SSSR count). The number of aliphatic imine (C=N–C) groups is 1. The molecule has 0 radical (unpaired) electrons. The number of pyridine rings is 1. The van der Waals surface area contributed by atoms with Crippen LogP contribution in [-0.2, 0) is 16.9 Å². The Hall–Kier alpha value is -2.56. The van der Waals surface area contributed by atoms with Crippen molar-refractivity contribution in [3.8, 4) is 0 Å². The Bertz CT molecular complexity index is 993. The molecule has 2 atom stereocenters. The Morgan fingerprint density at radius 2 is 1.77 bits per heavy atom. The molecule has 1 N–H and O–H groups in total. The Labute approximate surface area is 171 Å². The Morgan fingerprint density at radius 1 is 1.13 bits per heavy atom. The SMILES string of the molecule is C[C@H](N=C1NC(=O)C(C)(C(F)(F)c2ccnc(C(F)(F)F)c2)S1)c1ccc(F)cc1. The monoisotopic (exact) mass is 447 g/mol. The molecule has 1 aliphatic heterocycles. The zero-order chi connectivity index (χ0) is 22.3. The lowest BCUT2D eigenvalue weighted by molar-refractivity contribution is -0.141. The van der Waals surface area contributed by atoms with Crippen LogP contribution in [0.3, 0.4) is 0 Å². The highest BCUT2D eigenvalue weighted by Gasteiger charge is 2.61. The summed E-state index contributed by atoms with van der Waals surface area (Å²) in [5.41, 5.74) is -1.88. The van der Waals surface area contributed by atoms with Crippen LogP contribution in [-0.4, -0.2) is 20.8 Å². The smallest absolute Gasteiger partial charge is 0.304 e. The van der Waals surface area contributed by atoms with E-state index in [9.17, 15) is 22.4 Å². The average Bonchev–Trinajstić information content (AvgIpc) is 2.96. The van der Waals surface area contributed by atoms with Gasteiger partial charge >= 0.3 is 6.18 Å². The molecule has 1 unspecified atom stereocenters. The number of rotatable bonds is 4. The number of nitrogens with one attached hydrogen (secondary N) is 1. The van der Waals surface area contributed by atoms with Crippen LogP contribution in [0.5, 0.6) is 0 Å². The van der Waals surface area contributed by atoms with Crippen molar-refractivity contribution in [3.05, 3.63) is 65.2 Å². The predicted molar refractivity (Wildman–Crippen MR) is 99.5 cm³/mol. The number of benzene rings is 1. The molecule has 1 aliphatic rings. The molecule has 1 amide bonds. The van der Waals surface area contributed by atoms with Crippen LogP contribution in [0.1, 0.15) is 36.7 Å². The number of nitrogens with zero attached hydrogens (tertiary/aromatic N) is 2. The third-order valence-electron chi connectivity index (χ3n) is 4.63. The van der Waals surface area contributed by atoms with Gasteiger partial charge in [0.05, 0.1) is 6.04 Å². The van der Waals surface area contributed by atoms with E-state index in [4.69, 9.17) is 0 Å². The molecular formula is C19H15F6N3OS. The van der Waals surface area contributed by atoms with Crippen molar-refractivity contribution >= 4 is 22.8 Å². The second-order valence-corrected chi connectivity index (χ2v) is 8.16. The second kappa shape index (κ2) is 7.60. The maximum absolute atomic E-state index is 15.2. The van der Waals surface area contributed by atoms with E-state index < -0.39 is 45.9 Å². The summed E-state index contributed by atoms with van der Waals surface area (Å²) in [7, 11) is 0. The molecule has 1 aromatic carbocycles. The summed E-state index contributed by atoms with van der Waals surface area (Å²) in [6.07, 6.45) is -4.28. The summed E-state index contributed by atoms with van der Waals surface area (Å²) < 4.78 is 79.5. The van der Waals surface area contributed by atoms with Crippen molar-refractivity contribution in [1.29, 1.82) is 0 Å². The van der Waals surface area contributed by atoms with E-state index in [0.717, 1.165) is 13.0 Å². The zero-order valence-electron chi connectivity index (χ0n) is 15.6. The normalized spacial score (nSPS) is 22.3. The number of hydrogen-bond donors (Lipinski definition) is 1. The maximum atomic E-state index is 15.2. The van der Waals surface area contributed by atoms with Crippen molar-refractivity contribution < 1.29 is 31.1 Å². The first kappa shape index (κ1) is 22.1. The van der Waals surface area contributed by atoms with E-state index >= 15 is 8.78 Å². The Morgan fingerprint density at radius 3 is 2.37 bits per heavy atom. The number of carbonyl (C=O) groups is 1. The van der Waals surface area contributed by atoms with Gasteiger partial charge in [0.25, 0.3) is 5.92 Å². The van der Waals surface area contributed by atoms with Crippen LogP contribution in [0, 0.1) is 5.82 Å². The van der Waals surface area contributed by atoms with Gasteiger partial charge in [0.1, 0.15) is 11.5 Å². The van der Waals surface area contributed by atoms with Gasteiger partial charge in [-0.1, -0.05) is 23.9 Å². The first-order valence-electron chi connectivity index (χ1n) is 8.60. The van der Waals surface area contributed by atoms with Crippen LogP contribution in [0.2, 0.25) is 0 Å². The molecule has 1 fully saturated rings. The number of thioether (sulfide) groups is 1. The van der Waals surface area contributed by atoms with Gasteiger partial charge in [-0.3, -0.25) is 14.8 Å². The van der Waals surface area contributed by atoms with Crippen LogP contribution < -0.4 is 5.32 Å². The maximum Gasteiger partial charge on any atom is 0.433 e. The molecule has 0 aliphatic carbocycles. The van der Waals surface area contributed by atoms with Crippen molar-refractivity contribution in [2.24, 2.45) is 4.99 Å². The molecule has 11 heteroatoms. The summed E-state index contributed by atoms with van der Waals surface area (Å²) in [5.74, 6) is -5.50. The van der Waals surface area contributed by atoms with Gasteiger partial charge in [0.2, 0.25) is 5.91 Å². The molecule has 0 spiro atoms. The molecule has 30 heavy (non-hydrogen) atoms. The lowest BCUT2D eigenvalue weighted by Gasteiger charge is -2.30. The third kappa shape index (κ3) is 4.03. The first-order chi connectivity index (χ1) is 13.8. The van der Waals surface area contributed by atoms with Crippen molar-refractivity contribution in [3.63, 3.8) is 0 Å².